The third-order valence-corrected chi connectivity index (χ3v) is 3.61. The molecule has 0 aliphatic rings. The SMILES string of the molecule is Cc1ccc(OCCCSc2nnc(C)c(=O)[nH]2)cc1. The van der Waals surface area contributed by atoms with Crippen molar-refractivity contribution in [3.8, 4) is 5.75 Å². The van der Waals surface area contributed by atoms with Crippen LogP contribution in [0.15, 0.2) is 34.2 Å². The molecule has 0 fully saturated rings. The van der Waals surface area contributed by atoms with Crippen LogP contribution in [-0.2, 0) is 0 Å². The zero-order chi connectivity index (χ0) is 14.4. The first-order valence-electron chi connectivity index (χ1n) is 6.41. The van der Waals surface area contributed by atoms with Crippen molar-refractivity contribution in [1.29, 1.82) is 0 Å². The number of aromatic amines is 1. The van der Waals surface area contributed by atoms with Crippen molar-refractivity contribution in [2.75, 3.05) is 12.4 Å². The van der Waals surface area contributed by atoms with Gasteiger partial charge in [-0.05, 0) is 32.4 Å². The van der Waals surface area contributed by atoms with E-state index in [0.717, 1.165) is 17.9 Å². The Bertz CT molecular complexity index is 611. The molecule has 5 nitrogen and oxygen atoms in total. The van der Waals surface area contributed by atoms with E-state index in [1.54, 1.807) is 6.92 Å². The molecule has 2 rings (SSSR count). The second kappa shape index (κ2) is 7.09. The van der Waals surface area contributed by atoms with Crippen LogP contribution in [0.25, 0.3) is 0 Å². The van der Waals surface area contributed by atoms with E-state index in [0.29, 0.717) is 17.5 Å². The maximum Gasteiger partial charge on any atom is 0.273 e. The van der Waals surface area contributed by atoms with Crippen LogP contribution in [0.1, 0.15) is 17.7 Å². The Morgan fingerprint density at radius 1 is 1.20 bits per heavy atom. The van der Waals surface area contributed by atoms with Crippen LogP contribution in [0.5, 0.6) is 5.75 Å². The third kappa shape index (κ3) is 4.38. The Morgan fingerprint density at radius 3 is 2.65 bits per heavy atom. The number of nitrogens with one attached hydrogen (secondary N) is 1. The number of hydrogen-bond acceptors (Lipinski definition) is 5. The highest BCUT2D eigenvalue weighted by Gasteiger charge is 2.01. The molecule has 0 aliphatic heterocycles. The summed E-state index contributed by atoms with van der Waals surface area (Å²) in [7, 11) is 0. The molecule has 0 spiro atoms. The molecule has 0 amide bonds. The maximum absolute atomic E-state index is 11.3. The molecule has 0 unspecified atom stereocenters. The van der Waals surface area contributed by atoms with Crippen LogP contribution in [0.2, 0.25) is 0 Å². The van der Waals surface area contributed by atoms with Gasteiger partial charge in [-0.15, -0.1) is 10.2 Å². The van der Waals surface area contributed by atoms with E-state index in [4.69, 9.17) is 4.74 Å². The molecular weight excluding hydrogens is 274 g/mol. The molecule has 2 aromatic rings. The molecular formula is C14H17N3O2S. The number of ether oxygens (including phenoxy) is 1. The molecule has 20 heavy (non-hydrogen) atoms. The topological polar surface area (TPSA) is 67.9 Å². The monoisotopic (exact) mass is 291 g/mol. The van der Waals surface area contributed by atoms with E-state index in [1.807, 2.05) is 31.2 Å². The minimum absolute atomic E-state index is 0.182. The van der Waals surface area contributed by atoms with Gasteiger partial charge in [0.25, 0.3) is 5.56 Å². The van der Waals surface area contributed by atoms with Crippen LogP contribution < -0.4 is 10.3 Å². The Hall–Kier alpha value is -1.82. The zero-order valence-electron chi connectivity index (χ0n) is 11.5. The van der Waals surface area contributed by atoms with E-state index in [-0.39, 0.29) is 5.56 Å². The number of nitrogens with zero attached hydrogens (tertiary/aromatic N) is 2. The summed E-state index contributed by atoms with van der Waals surface area (Å²) in [5, 5.41) is 8.26. The number of rotatable bonds is 6. The minimum atomic E-state index is -0.182. The van der Waals surface area contributed by atoms with Gasteiger partial charge in [-0.1, -0.05) is 29.5 Å². The van der Waals surface area contributed by atoms with E-state index < -0.39 is 0 Å². The van der Waals surface area contributed by atoms with Crippen LogP contribution in [0.3, 0.4) is 0 Å². The quantitative estimate of drug-likeness (QED) is 0.653. The number of hydrogen-bond donors (Lipinski definition) is 1. The normalized spacial score (nSPS) is 10.5. The lowest BCUT2D eigenvalue weighted by atomic mass is 10.2. The molecule has 0 saturated heterocycles. The predicted octanol–water partition coefficient (Wildman–Crippen LogP) is 2.34. The summed E-state index contributed by atoms with van der Waals surface area (Å²) in [6.45, 7) is 4.32. The van der Waals surface area contributed by atoms with Gasteiger partial charge in [0.2, 0.25) is 0 Å². The lowest BCUT2D eigenvalue weighted by Gasteiger charge is -2.05. The average Bonchev–Trinajstić information content (AvgIpc) is 2.44. The molecule has 1 N–H and O–H groups in total. The Labute approximate surface area is 121 Å². The molecule has 1 heterocycles. The molecule has 0 atom stereocenters. The van der Waals surface area contributed by atoms with Crippen molar-refractivity contribution in [3.05, 3.63) is 45.9 Å². The van der Waals surface area contributed by atoms with E-state index >= 15 is 0 Å². The van der Waals surface area contributed by atoms with Gasteiger partial charge in [0.05, 0.1) is 6.61 Å². The largest absolute Gasteiger partial charge is 0.494 e. The first-order valence-corrected chi connectivity index (χ1v) is 7.39. The van der Waals surface area contributed by atoms with Crippen molar-refractivity contribution < 1.29 is 4.74 Å². The van der Waals surface area contributed by atoms with Crippen molar-refractivity contribution in [2.24, 2.45) is 0 Å². The molecule has 0 aliphatic carbocycles. The van der Waals surface area contributed by atoms with E-state index in [1.165, 1.54) is 17.3 Å². The van der Waals surface area contributed by atoms with Crippen LogP contribution in [0.4, 0.5) is 0 Å². The Kier molecular flexibility index (Phi) is 5.17. The van der Waals surface area contributed by atoms with Crippen LogP contribution >= 0.6 is 11.8 Å². The number of H-pyrrole nitrogens is 1. The van der Waals surface area contributed by atoms with Gasteiger partial charge < -0.3 is 4.74 Å². The molecule has 0 radical (unpaired) electrons. The van der Waals surface area contributed by atoms with Gasteiger partial charge in [0.15, 0.2) is 5.16 Å². The fraction of sp³-hybridized carbons (Fsp3) is 0.357. The second-order valence-corrected chi connectivity index (χ2v) is 5.49. The lowest BCUT2D eigenvalue weighted by Crippen LogP contribution is -2.14. The van der Waals surface area contributed by atoms with Crippen molar-refractivity contribution in [2.45, 2.75) is 25.4 Å². The summed E-state index contributed by atoms with van der Waals surface area (Å²) in [6.07, 6.45) is 0.871. The summed E-state index contributed by atoms with van der Waals surface area (Å²) in [6, 6.07) is 7.98. The van der Waals surface area contributed by atoms with Crippen LogP contribution in [-0.4, -0.2) is 27.5 Å². The number of aryl methyl sites for hydroxylation is 2. The summed E-state index contributed by atoms with van der Waals surface area (Å²) in [4.78, 5) is 14.0. The highest BCUT2D eigenvalue weighted by atomic mass is 32.2. The first-order chi connectivity index (χ1) is 9.65. The maximum atomic E-state index is 11.3. The fourth-order valence-corrected chi connectivity index (χ4v) is 2.21. The lowest BCUT2D eigenvalue weighted by molar-refractivity contribution is 0.318. The minimum Gasteiger partial charge on any atom is -0.494 e. The summed E-state index contributed by atoms with van der Waals surface area (Å²) < 4.78 is 5.62. The number of benzene rings is 1. The zero-order valence-corrected chi connectivity index (χ0v) is 12.4. The standard InChI is InChI=1S/C14H17N3O2S/c1-10-4-6-12(7-5-10)19-8-3-9-20-14-15-13(18)11(2)16-17-14/h4-7H,3,8-9H2,1-2H3,(H,15,17,18). The fourth-order valence-electron chi connectivity index (χ4n) is 1.50. The molecule has 106 valence electrons. The van der Waals surface area contributed by atoms with Crippen LogP contribution in [0, 0.1) is 13.8 Å². The van der Waals surface area contributed by atoms with Gasteiger partial charge in [-0.3, -0.25) is 9.78 Å². The van der Waals surface area contributed by atoms with Crippen molar-refractivity contribution >= 4 is 11.8 Å². The van der Waals surface area contributed by atoms with Gasteiger partial charge in [-0.25, -0.2) is 0 Å². The number of aromatic nitrogens is 3. The van der Waals surface area contributed by atoms with E-state index in [9.17, 15) is 4.79 Å². The molecule has 6 heteroatoms. The van der Waals surface area contributed by atoms with Crippen molar-refractivity contribution in [3.63, 3.8) is 0 Å². The third-order valence-electron chi connectivity index (χ3n) is 2.66. The van der Waals surface area contributed by atoms with Crippen molar-refractivity contribution in [1.82, 2.24) is 15.2 Å². The van der Waals surface area contributed by atoms with Gasteiger partial charge in [0, 0.05) is 5.75 Å². The molecule has 0 saturated carbocycles. The molecule has 1 aromatic carbocycles. The molecule has 0 bridgehead atoms. The summed E-state index contributed by atoms with van der Waals surface area (Å²) in [5.41, 5.74) is 1.42. The van der Waals surface area contributed by atoms with E-state index in [2.05, 4.69) is 15.2 Å². The highest BCUT2D eigenvalue weighted by molar-refractivity contribution is 7.99. The highest BCUT2D eigenvalue weighted by Crippen LogP contribution is 2.14. The second-order valence-electron chi connectivity index (χ2n) is 4.41. The smallest absolute Gasteiger partial charge is 0.273 e. The van der Waals surface area contributed by atoms with Gasteiger partial charge in [0.1, 0.15) is 11.4 Å². The van der Waals surface area contributed by atoms with Gasteiger partial charge in [-0.2, -0.15) is 0 Å². The summed E-state index contributed by atoms with van der Waals surface area (Å²) >= 11 is 1.47. The Balaban J connectivity index is 1.70. The summed E-state index contributed by atoms with van der Waals surface area (Å²) in [5.74, 6) is 1.70. The number of thioether (sulfide) groups is 1. The molecule has 1 aromatic heterocycles. The Morgan fingerprint density at radius 2 is 1.95 bits per heavy atom. The van der Waals surface area contributed by atoms with Gasteiger partial charge >= 0.3 is 0 Å². The first kappa shape index (κ1) is 14.6. The average molecular weight is 291 g/mol. The predicted molar refractivity (Wildman–Crippen MR) is 79.4 cm³/mol.